The van der Waals surface area contributed by atoms with E-state index in [1.54, 1.807) is 0 Å². The van der Waals surface area contributed by atoms with Crippen molar-refractivity contribution in [2.75, 3.05) is 13.2 Å². The van der Waals surface area contributed by atoms with Crippen LogP contribution in [0.4, 0.5) is 0 Å². The molecule has 7 aromatic carbocycles. The third-order valence-electron chi connectivity index (χ3n) is 16.6. The van der Waals surface area contributed by atoms with Crippen LogP contribution in [0.15, 0.2) is 133 Å². The van der Waals surface area contributed by atoms with Crippen molar-refractivity contribution < 1.29 is 29.3 Å². The summed E-state index contributed by atoms with van der Waals surface area (Å²) in [7, 11) is -3.17. The predicted molar refractivity (Wildman–Crippen MR) is 391 cm³/mol. The third kappa shape index (κ3) is 22.0. The summed E-state index contributed by atoms with van der Waals surface area (Å²) in [6.07, 6.45) is 17.7. The van der Waals surface area contributed by atoms with Crippen LogP contribution in [-0.4, -0.2) is 51.5 Å². The van der Waals surface area contributed by atoms with Crippen molar-refractivity contribution in [2.45, 2.75) is 184 Å². The fourth-order valence-electron chi connectivity index (χ4n) is 10.7. The van der Waals surface area contributed by atoms with Crippen molar-refractivity contribution in [3.8, 4) is 103 Å². The lowest BCUT2D eigenvalue weighted by atomic mass is 9.88. The molecule has 0 bridgehead atoms. The molecule has 0 unspecified atom stereocenters. The molecule has 0 aliphatic rings. The van der Waals surface area contributed by atoms with E-state index in [0.717, 1.165) is 107 Å². The molecule has 0 heterocycles. The van der Waals surface area contributed by atoms with Crippen molar-refractivity contribution in [3.05, 3.63) is 189 Å². The molecule has 6 nitrogen and oxygen atoms in total. The van der Waals surface area contributed by atoms with E-state index in [0.29, 0.717) is 69.9 Å². The largest absolute Gasteiger partial charge is 0.492 e. The zero-order valence-corrected chi connectivity index (χ0v) is 59.1. The van der Waals surface area contributed by atoms with Crippen LogP contribution in [-0.2, 0) is 12.8 Å². The first-order valence-corrected chi connectivity index (χ1v) is 40.9. The van der Waals surface area contributed by atoms with Crippen LogP contribution in [0.3, 0.4) is 0 Å². The molecule has 2 N–H and O–H groups in total. The van der Waals surface area contributed by atoms with E-state index in [2.05, 4.69) is 152 Å². The summed E-state index contributed by atoms with van der Waals surface area (Å²) < 4.78 is 13.2. The first-order valence-electron chi connectivity index (χ1n) is 33.9. The van der Waals surface area contributed by atoms with Gasteiger partial charge in [0.25, 0.3) is 0 Å². The normalized spacial score (nSPS) is 11.8. The molecular weight excluding hydrogens is 1160 g/mol. The Kier molecular flexibility index (Phi) is 27.1. The van der Waals surface area contributed by atoms with E-state index in [9.17, 15) is 19.8 Å². The summed E-state index contributed by atoms with van der Waals surface area (Å²) in [5, 5.41) is 22.0. The second-order valence-electron chi connectivity index (χ2n) is 27.1. The lowest BCUT2D eigenvalue weighted by molar-refractivity contribution is 0.0687. The Labute approximate surface area is 554 Å². The number of carboxylic acids is 2. The topological polar surface area (TPSA) is 93.1 Å². The quantitative estimate of drug-likeness (QED) is 0.0288. The van der Waals surface area contributed by atoms with Crippen LogP contribution in [0, 0.1) is 58.4 Å². The predicted octanol–water partition coefficient (Wildman–Crippen LogP) is 21.7. The monoisotopic (exact) mass is 1260 g/mol. The van der Waals surface area contributed by atoms with Gasteiger partial charge in [0.15, 0.2) is 0 Å². The summed E-state index contributed by atoms with van der Waals surface area (Å²) in [6, 6.07) is 44.0. The van der Waals surface area contributed by atoms with Gasteiger partial charge in [-0.2, -0.15) is 0 Å². The van der Waals surface area contributed by atoms with Crippen LogP contribution in [0.2, 0.25) is 39.3 Å². The summed E-state index contributed by atoms with van der Waals surface area (Å²) in [5.41, 5.74) is 20.5. The minimum atomic E-state index is -1.58. The first-order chi connectivity index (χ1) is 44.1. The number of rotatable bonds is 28. The average molecular weight is 1260 g/mol. The molecule has 0 saturated carbocycles. The molecule has 8 heteroatoms. The Morgan fingerprint density at radius 1 is 0.391 bits per heavy atom. The Bertz CT molecular complexity index is 3610. The lowest BCUT2D eigenvalue weighted by Crippen LogP contribution is -2.16. The number of carbonyl (C=O) groups is 2. The maximum atomic E-state index is 13.4. The molecule has 92 heavy (non-hydrogen) atoms. The molecule has 0 amide bonds. The van der Waals surface area contributed by atoms with Crippen molar-refractivity contribution in [2.24, 2.45) is 11.8 Å². The fraction of sp³-hybridized carbons (Fsp3) is 0.381. The third-order valence-corrected chi connectivity index (χ3v) is 18.4. The van der Waals surface area contributed by atoms with Gasteiger partial charge in [-0.25, -0.2) is 9.59 Å². The van der Waals surface area contributed by atoms with Crippen LogP contribution in [0.5, 0.6) is 11.5 Å². The van der Waals surface area contributed by atoms with Crippen molar-refractivity contribution in [1.29, 1.82) is 0 Å². The number of aromatic carboxylic acids is 2. The minimum absolute atomic E-state index is 0.273. The maximum absolute atomic E-state index is 13.4. The first kappa shape index (κ1) is 71.2. The molecule has 0 aliphatic carbocycles. The Balaban J connectivity index is 1.24. The Morgan fingerprint density at radius 2 is 0.674 bits per heavy atom. The number of hydrogen-bond acceptors (Lipinski definition) is 4. The fourth-order valence-corrected chi connectivity index (χ4v) is 11.7. The van der Waals surface area contributed by atoms with E-state index in [-0.39, 0.29) is 11.1 Å². The highest BCUT2D eigenvalue weighted by atomic mass is 28.3. The number of carboxylic acid groups (broad SMARTS) is 2. The van der Waals surface area contributed by atoms with Crippen molar-refractivity contribution in [1.82, 2.24) is 0 Å². The highest BCUT2D eigenvalue weighted by Crippen LogP contribution is 2.38. The van der Waals surface area contributed by atoms with E-state index in [4.69, 9.17) is 9.47 Å². The summed E-state index contributed by atoms with van der Waals surface area (Å²) in [6.45, 7) is 27.4. The van der Waals surface area contributed by atoms with Crippen LogP contribution in [0.25, 0.3) is 44.5 Å². The molecule has 0 aromatic heterocycles. The van der Waals surface area contributed by atoms with Crippen LogP contribution < -0.4 is 9.47 Å². The van der Waals surface area contributed by atoms with Crippen molar-refractivity contribution >= 4 is 28.1 Å². The second kappa shape index (κ2) is 35.0. The van der Waals surface area contributed by atoms with Gasteiger partial charge in [0.05, 0.1) is 35.5 Å². The summed E-state index contributed by atoms with van der Waals surface area (Å²) in [5.74, 6) is 20.2. The molecule has 0 aliphatic heterocycles. The number of ether oxygens (including phenoxy) is 2. The Hall–Kier alpha value is -8.25. The van der Waals surface area contributed by atoms with Crippen LogP contribution >= 0.6 is 0 Å². The van der Waals surface area contributed by atoms with Gasteiger partial charge in [-0.1, -0.05) is 266 Å². The molecule has 7 rings (SSSR count). The van der Waals surface area contributed by atoms with Gasteiger partial charge in [0.1, 0.15) is 27.6 Å². The van der Waals surface area contributed by atoms with Gasteiger partial charge in [-0.05, 0) is 142 Å². The van der Waals surface area contributed by atoms with Gasteiger partial charge in [0, 0.05) is 34.4 Å². The molecule has 478 valence electrons. The van der Waals surface area contributed by atoms with Gasteiger partial charge in [-0.3, -0.25) is 0 Å². The lowest BCUT2D eigenvalue weighted by Gasteiger charge is -2.17. The minimum Gasteiger partial charge on any atom is -0.492 e. The zero-order chi connectivity index (χ0) is 66.2. The van der Waals surface area contributed by atoms with Gasteiger partial charge in [-0.15, -0.1) is 11.1 Å². The SMILES string of the molecule is CCCCCCCCc1cc(-c2ccc(C#Cc3cc(OC[C@@H](C)CC)c(C#Cc4ccc(-c5cc(CCCCCCCC)cc(-c6ccc(C#C[Si](C)(C)C)cc6)c5C(=O)O)cc4)cc3OC[C@@H](C)CC)cc2)c(C(=O)O)c(-c2ccc(C#C[Si](C)(C)C)cc2)c1. The van der Waals surface area contributed by atoms with Crippen LogP contribution in [0.1, 0.15) is 197 Å². The number of hydrogen-bond donors (Lipinski definition) is 2. The second-order valence-corrected chi connectivity index (χ2v) is 36.6. The molecule has 0 spiro atoms. The molecular formula is C84H98O6Si2. The molecule has 7 aromatic rings. The highest BCUT2D eigenvalue weighted by Gasteiger charge is 2.23. The smallest absolute Gasteiger partial charge is 0.336 e. The van der Waals surface area contributed by atoms with Gasteiger partial charge >= 0.3 is 11.9 Å². The standard InChI is InChI=1S/C84H98O6Si2/c1-13-17-19-21-23-25-27-67-53-75(81(83(85)86)77(55-67)71-43-33-65(34-44-71)49-51-91(7,8)9)69-39-29-63(30-40-69)37-47-73-57-80(90-60-62(6)16-4)74(58-79(73)89-59-61(5)15-3)48-38-64-31-41-70(42-32-64)76-54-68(28-26-24-22-20-18-14-2)56-78(82(76)84(87)88)72-45-35-66(36-46-72)50-52-92(10,11)12/h29-36,39-46,53-58,61-62H,13-28,59-60H2,1-12H3,(H,85,86)(H,87,88)/t61-,62-/m0/s1. The van der Waals surface area contributed by atoms with E-state index in [1.807, 2.05) is 109 Å². The van der Waals surface area contributed by atoms with E-state index >= 15 is 0 Å². The molecule has 2 atom stereocenters. The van der Waals surface area contributed by atoms with Gasteiger partial charge in [0.2, 0.25) is 0 Å². The van der Waals surface area contributed by atoms with Gasteiger partial charge < -0.3 is 19.7 Å². The number of unbranched alkanes of at least 4 members (excludes halogenated alkanes) is 10. The molecule has 0 radical (unpaired) electrons. The number of benzene rings is 7. The summed E-state index contributed by atoms with van der Waals surface area (Å²) in [4.78, 5) is 26.8. The number of aryl methyl sites for hydroxylation is 2. The summed E-state index contributed by atoms with van der Waals surface area (Å²) >= 11 is 0. The molecule has 0 fully saturated rings. The molecule has 0 saturated heterocycles. The Morgan fingerprint density at radius 3 is 0.946 bits per heavy atom. The van der Waals surface area contributed by atoms with Crippen molar-refractivity contribution in [3.63, 3.8) is 0 Å². The van der Waals surface area contributed by atoms with E-state index < -0.39 is 28.1 Å². The van der Waals surface area contributed by atoms with E-state index in [1.165, 1.54) is 51.4 Å². The highest BCUT2D eigenvalue weighted by molar-refractivity contribution is 6.84. The average Bonchev–Trinajstić information content (AvgIpc) is 0.806. The zero-order valence-electron chi connectivity index (χ0n) is 57.1. The maximum Gasteiger partial charge on any atom is 0.336 e.